The summed E-state index contributed by atoms with van der Waals surface area (Å²) < 4.78 is 37.0. The molecule has 33 heavy (non-hydrogen) atoms. The van der Waals surface area contributed by atoms with Crippen LogP contribution in [0.5, 0.6) is 0 Å². The van der Waals surface area contributed by atoms with Crippen molar-refractivity contribution in [2.45, 2.75) is 19.5 Å². The Morgan fingerprint density at radius 2 is 1.94 bits per heavy atom. The van der Waals surface area contributed by atoms with Gasteiger partial charge in [0.1, 0.15) is 4.88 Å². The number of para-hydroxylation sites is 1. The minimum atomic E-state index is -5.08. The van der Waals surface area contributed by atoms with Gasteiger partial charge in [-0.05, 0) is 19.1 Å². The Morgan fingerprint density at radius 1 is 1.27 bits per heavy atom. The molecule has 2 aromatic heterocycles. The van der Waals surface area contributed by atoms with E-state index in [1.807, 2.05) is 31.2 Å². The number of hydrogen-bond acceptors (Lipinski definition) is 8. The molecule has 0 aliphatic carbocycles. The molecule has 0 saturated carbocycles. The van der Waals surface area contributed by atoms with E-state index in [1.165, 1.54) is 11.3 Å². The summed E-state index contributed by atoms with van der Waals surface area (Å²) in [4.78, 5) is 28.9. The third-order valence-corrected chi connectivity index (χ3v) is 5.94. The third-order valence-electron chi connectivity index (χ3n) is 4.72. The average molecular weight is 485 g/mol. The maximum atomic E-state index is 12.5. The Balaban J connectivity index is 0.000000383. The monoisotopic (exact) mass is 485 g/mol. The number of nitrogens with zero attached hydrogens (tertiary/aromatic N) is 3. The van der Waals surface area contributed by atoms with Crippen LogP contribution in [-0.4, -0.2) is 66.0 Å². The van der Waals surface area contributed by atoms with Gasteiger partial charge in [0.2, 0.25) is 0 Å². The van der Waals surface area contributed by atoms with Crippen LogP contribution in [0, 0.1) is 6.92 Å². The summed E-state index contributed by atoms with van der Waals surface area (Å²) in [7, 11) is 0. The topological polar surface area (TPSA) is 121 Å². The molecule has 3 heterocycles. The van der Waals surface area contributed by atoms with E-state index in [0.29, 0.717) is 17.8 Å². The number of carboxylic acid groups (broad SMARTS) is 1. The molecule has 1 saturated heterocycles. The highest BCUT2D eigenvalue weighted by Crippen LogP contribution is 2.26. The number of hydrogen-bond donors (Lipinski definition) is 3. The Labute approximate surface area is 190 Å². The molecule has 1 aliphatic heterocycles. The van der Waals surface area contributed by atoms with E-state index in [2.05, 4.69) is 25.7 Å². The highest BCUT2D eigenvalue weighted by molar-refractivity contribution is 7.17. The summed E-state index contributed by atoms with van der Waals surface area (Å²) in [5, 5.41) is 19.5. The van der Waals surface area contributed by atoms with Crippen LogP contribution in [0.3, 0.4) is 0 Å². The lowest BCUT2D eigenvalue weighted by Gasteiger charge is -2.26. The van der Waals surface area contributed by atoms with Crippen LogP contribution < -0.4 is 15.5 Å². The molecule has 0 atom stereocenters. The van der Waals surface area contributed by atoms with E-state index in [4.69, 9.17) is 14.4 Å². The molecule has 3 aromatic rings. The van der Waals surface area contributed by atoms with Crippen molar-refractivity contribution in [2.24, 2.45) is 0 Å². The predicted octanol–water partition coefficient (Wildman–Crippen LogP) is 2.61. The number of rotatable bonds is 5. The van der Waals surface area contributed by atoms with Gasteiger partial charge in [0.25, 0.3) is 5.91 Å². The molecule has 0 unspecified atom stereocenters. The zero-order valence-corrected chi connectivity index (χ0v) is 18.4. The molecule has 0 bridgehead atoms. The first-order chi connectivity index (χ1) is 15.7. The molecule has 178 valence electrons. The van der Waals surface area contributed by atoms with Crippen molar-refractivity contribution in [1.29, 1.82) is 0 Å². The van der Waals surface area contributed by atoms with E-state index in [-0.39, 0.29) is 5.91 Å². The molecule has 1 aromatic carbocycles. The van der Waals surface area contributed by atoms with Crippen LogP contribution in [0.15, 0.2) is 28.8 Å². The van der Waals surface area contributed by atoms with Gasteiger partial charge in [0.15, 0.2) is 10.7 Å². The average Bonchev–Trinajstić information content (AvgIpc) is 3.38. The van der Waals surface area contributed by atoms with Crippen molar-refractivity contribution < 1.29 is 32.4 Å². The predicted molar refractivity (Wildman–Crippen MR) is 116 cm³/mol. The quantitative estimate of drug-likeness (QED) is 0.505. The van der Waals surface area contributed by atoms with Gasteiger partial charge in [0, 0.05) is 44.5 Å². The smallest absolute Gasteiger partial charge is 0.475 e. The van der Waals surface area contributed by atoms with Gasteiger partial charge in [-0.15, -0.1) is 0 Å². The van der Waals surface area contributed by atoms with E-state index >= 15 is 0 Å². The molecular weight excluding hydrogens is 463 g/mol. The van der Waals surface area contributed by atoms with Crippen molar-refractivity contribution in [1.82, 2.24) is 20.8 Å². The lowest BCUT2D eigenvalue weighted by atomic mass is 10.2. The minimum Gasteiger partial charge on any atom is -0.475 e. The van der Waals surface area contributed by atoms with Gasteiger partial charge in [-0.3, -0.25) is 4.79 Å². The first-order valence-corrected chi connectivity index (χ1v) is 10.8. The normalized spacial score (nSPS) is 14.0. The zero-order chi connectivity index (χ0) is 24.0. The molecule has 0 radical (unpaired) electrons. The maximum absolute atomic E-state index is 12.5. The van der Waals surface area contributed by atoms with Crippen LogP contribution in [0.2, 0.25) is 0 Å². The number of fused-ring (bicyclic) bond motifs is 1. The number of carbonyl (C=O) groups excluding carboxylic acids is 1. The van der Waals surface area contributed by atoms with Crippen LogP contribution >= 0.6 is 11.3 Å². The second-order valence-corrected chi connectivity index (χ2v) is 8.06. The van der Waals surface area contributed by atoms with E-state index in [9.17, 15) is 18.0 Å². The standard InChI is InChI=1S/C18H21N5O2S.C2HF3O2/c1-12-16(26-18(21-12)23-10-8-19-9-11-23)17(24)20-7-6-14-13-4-2-3-5-15(13)25-22-14;3-2(4,5)1(6)7/h2-5,19H,6-11H2,1H3,(H,20,24);(H,6,7). The molecular formula is C20H22F3N5O4S. The van der Waals surface area contributed by atoms with Crippen molar-refractivity contribution in [3.63, 3.8) is 0 Å². The number of alkyl halides is 3. The number of nitrogens with one attached hydrogen (secondary N) is 2. The van der Waals surface area contributed by atoms with Gasteiger partial charge in [0.05, 0.1) is 11.4 Å². The number of aromatic nitrogens is 2. The molecule has 9 nitrogen and oxygen atoms in total. The number of piperazine rings is 1. The molecule has 1 aliphatic rings. The fraction of sp³-hybridized carbons (Fsp3) is 0.400. The summed E-state index contributed by atoms with van der Waals surface area (Å²) in [6, 6.07) is 7.75. The van der Waals surface area contributed by atoms with E-state index in [1.54, 1.807) is 0 Å². The molecule has 1 amide bonds. The number of halogens is 3. The summed E-state index contributed by atoms with van der Waals surface area (Å²) >= 11 is 1.47. The van der Waals surface area contributed by atoms with E-state index < -0.39 is 12.1 Å². The van der Waals surface area contributed by atoms with Gasteiger partial charge < -0.3 is 25.2 Å². The van der Waals surface area contributed by atoms with Gasteiger partial charge in [-0.2, -0.15) is 13.2 Å². The molecule has 4 rings (SSSR count). The number of anilines is 1. The fourth-order valence-electron chi connectivity index (χ4n) is 3.08. The van der Waals surface area contributed by atoms with Gasteiger partial charge in [-0.1, -0.05) is 28.6 Å². The third kappa shape index (κ3) is 6.42. The lowest BCUT2D eigenvalue weighted by Crippen LogP contribution is -2.43. The second kappa shape index (κ2) is 10.6. The number of amides is 1. The highest BCUT2D eigenvalue weighted by Gasteiger charge is 2.38. The Morgan fingerprint density at radius 3 is 2.61 bits per heavy atom. The highest BCUT2D eigenvalue weighted by atomic mass is 32.1. The zero-order valence-electron chi connectivity index (χ0n) is 17.6. The van der Waals surface area contributed by atoms with Crippen LogP contribution in [0.4, 0.5) is 18.3 Å². The largest absolute Gasteiger partial charge is 0.490 e. The van der Waals surface area contributed by atoms with Crippen molar-refractivity contribution in [2.75, 3.05) is 37.6 Å². The van der Waals surface area contributed by atoms with Crippen molar-refractivity contribution in [3.05, 3.63) is 40.5 Å². The lowest BCUT2D eigenvalue weighted by molar-refractivity contribution is -0.192. The second-order valence-electron chi connectivity index (χ2n) is 7.08. The molecule has 0 spiro atoms. The number of carbonyl (C=O) groups is 2. The fourth-order valence-corrected chi connectivity index (χ4v) is 4.11. The first kappa shape index (κ1) is 24.5. The van der Waals surface area contributed by atoms with Crippen molar-refractivity contribution in [3.8, 4) is 0 Å². The Bertz CT molecular complexity index is 1110. The van der Waals surface area contributed by atoms with E-state index in [0.717, 1.165) is 53.7 Å². The number of benzene rings is 1. The summed E-state index contributed by atoms with van der Waals surface area (Å²) in [6.45, 7) is 6.15. The van der Waals surface area contributed by atoms with Crippen LogP contribution in [-0.2, 0) is 11.2 Å². The molecule has 13 heteroatoms. The maximum Gasteiger partial charge on any atom is 0.490 e. The summed E-state index contributed by atoms with van der Waals surface area (Å²) in [5.74, 6) is -2.83. The molecule has 3 N–H and O–H groups in total. The Hall–Kier alpha value is -3.19. The minimum absolute atomic E-state index is 0.0748. The number of carboxylic acids is 1. The Kier molecular flexibility index (Phi) is 7.87. The summed E-state index contributed by atoms with van der Waals surface area (Å²) in [5.41, 5.74) is 2.42. The number of aryl methyl sites for hydroxylation is 1. The van der Waals surface area contributed by atoms with Gasteiger partial charge >= 0.3 is 12.1 Å². The van der Waals surface area contributed by atoms with Crippen LogP contribution in [0.1, 0.15) is 21.1 Å². The molecule has 1 fully saturated rings. The number of thiazole rings is 1. The first-order valence-electron chi connectivity index (χ1n) is 10.0. The van der Waals surface area contributed by atoms with Crippen molar-refractivity contribution >= 4 is 39.3 Å². The summed E-state index contributed by atoms with van der Waals surface area (Å²) in [6.07, 6.45) is -4.45. The SMILES string of the molecule is Cc1nc(N2CCNCC2)sc1C(=O)NCCc1noc2ccccc12.O=C(O)C(F)(F)F. The van der Waals surface area contributed by atoms with Gasteiger partial charge in [-0.25, -0.2) is 9.78 Å². The van der Waals surface area contributed by atoms with Crippen LogP contribution in [0.25, 0.3) is 11.0 Å². The number of aliphatic carboxylic acids is 1.